The Morgan fingerprint density at radius 1 is 1.03 bits per heavy atom. The lowest BCUT2D eigenvalue weighted by Crippen LogP contribution is -2.28. The van der Waals surface area contributed by atoms with Crippen LogP contribution in [-0.4, -0.2) is 24.5 Å². The van der Waals surface area contributed by atoms with Crippen molar-refractivity contribution >= 4 is 27.3 Å². The Labute approximate surface area is 175 Å². The molecule has 0 bridgehead atoms. The molecule has 0 saturated carbocycles. The number of nitrogen functional groups attached to an aromatic ring is 1. The van der Waals surface area contributed by atoms with Crippen molar-refractivity contribution in [2.24, 2.45) is 0 Å². The molecule has 8 nitrogen and oxygen atoms in total. The Balaban J connectivity index is 1.65. The van der Waals surface area contributed by atoms with Crippen molar-refractivity contribution in [2.75, 3.05) is 22.3 Å². The Kier molecular flexibility index (Phi) is 6.73. The maximum atomic E-state index is 12.8. The number of benzene rings is 1. The second kappa shape index (κ2) is 9.45. The van der Waals surface area contributed by atoms with Crippen LogP contribution in [0.25, 0.3) is 0 Å². The molecule has 0 amide bonds. The van der Waals surface area contributed by atoms with Gasteiger partial charge in [-0.25, -0.2) is 13.4 Å². The summed E-state index contributed by atoms with van der Waals surface area (Å²) in [7, 11) is -3.70. The molecule has 0 atom stereocenters. The van der Waals surface area contributed by atoms with Crippen molar-refractivity contribution in [1.82, 2.24) is 9.55 Å². The smallest absolute Gasteiger partial charge is 0.275 e. The first-order valence-corrected chi connectivity index (χ1v) is 11.2. The number of anilines is 3. The van der Waals surface area contributed by atoms with Gasteiger partial charge in [0.05, 0.1) is 5.75 Å². The average Bonchev–Trinajstić information content (AvgIpc) is 2.70. The third kappa shape index (κ3) is 5.84. The van der Waals surface area contributed by atoms with Crippen molar-refractivity contribution in [3.05, 3.63) is 82.3 Å². The van der Waals surface area contributed by atoms with Crippen LogP contribution in [0, 0.1) is 6.92 Å². The van der Waals surface area contributed by atoms with Crippen molar-refractivity contribution in [1.29, 1.82) is 0 Å². The van der Waals surface area contributed by atoms with E-state index in [0.29, 0.717) is 36.7 Å². The van der Waals surface area contributed by atoms with Crippen LogP contribution >= 0.6 is 0 Å². The van der Waals surface area contributed by atoms with E-state index in [2.05, 4.69) is 15.0 Å². The van der Waals surface area contributed by atoms with Gasteiger partial charge in [-0.3, -0.25) is 9.52 Å². The summed E-state index contributed by atoms with van der Waals surface area (Å²) in [4.78, 5) is 17.0. The zero-order chi connectivity index (χ0) is 21.6. The SMILES string of the molecule is Cc1ccc(NS(=O)(=O)Cc2ccccc2)c(=O)n1CCCNc1cccc(N)n1. The second-order valence-electron chi connectivity index (χ2n) is 6.92. The first-order chi connectivity index (χ1) is 14.3. The van der Waals surface area contributed by atoms with E-state index in [-0.39, 0.29) is 17.0 Å². The maximum absolute atomic E-state index is 12.8. The summed E-state index contributed by atoms with van der Waals surface area (Å²) >= 11 is 0. The average molecular weight is 428 g/mol. The Hall–Kier alpha value is -3.33. The molecule has 0 aliphatic heterocycles. The summed E-state index contributed by atoms with van der Waals surface area (Å²) in [5.74, 6) is 0.905. The van der Waals surface area contributed by atoms with Crippen LogP contribution in [0.5, 0.6) is 0 Å². The molecule has 30 heavy (non-hydrogen) atoms. The lowest BCUT2D eigenvalue weighted by molar-refractivity contribution is 0.599. The van der Waals surface area contributed by atoms with Gasteiger partial charge in [0.1, 0.15) is 17.3 Å². The predicted molar refractivity (Wildman–Crippen MR) is 120 cm³/mol. The molecule has 2 aromatic heterocycles. The van der Waals surface area contributed by atoms with E-state index in [1.807, 2.05) is 25.1 Å². The Bertz CT molecular complexity index is 1160. The van der Waals surface area contributed by atoms with E-state index in [9.17, 15) is 13.2 Å². The van der Waals surface area contributed by atoms with Crippen molar-refractivity contribution < 1.29 is 8.42 Å². The van der Waals surface area contributed by atoms with Crippen LogP contribution in [0.1, 0.15) is 17.7 Å². The highest BCUT2D eigenvalue weighted by Crippen LogP contribution is 2.11. The number of pyridine rings is 2. The summed E-state index contributed by atoms with van der Waals surface area (Å²) in [6.07, 6.45) is 0.650. The fraction of sp³-hybridized carbons (Fsp3) is 0.238. The van der Waals surface area contributed by atoms with Gasteiger partial charge in [0.15, 0.2) is 0 Å². The first-order valence-electron chi connectivity index (χ1n) is 9.55. The summed E-state index contributed by atoms with van der Waals surface area (Å²) in [5, 5.41) is 3.16. The zero-order valence-electron chi connectivity index (χ0n) is 16.7. The van der Waals surface area contributed by atoms with E-state index in [4.69, 9.17) is 5.73 Å². The lowest BCUT2D eigenvalue weighted by Gasteiger charge is -2.14. The highest BCUT2D eigenvalue weighted by Gasteiger charge is 2.15. The highest BCUT2D eigenvalue weighted by atomic mass is 32.2. The number of sulfonamides is 1. The molecule has 0 radical (unpaired) electrons. The quantitative estimate of drug-likeness (QED) is 0.452. The molecule has 1 aromatic carbocycles. The van der Waals surface area contributed by atoms with Gasteiger partial charge in [-0.2, -0.15) is 0 Å². The van der Waals surface area contributed by atoms with Crippen LogP contribution in [0.4, 0.5) is 17.3 Å². The fourth-order valence-electron chi connectivity index (χ4n) is 3.03. The molecule has 0 unspecified atom stereocenters. The standard InChI is InChI=1S/C21H25N5O3S/c1-16-11-12-18(25-30(28,29)15-17-7-3-2-4-8-17)21(27)26(16)14-6-13-23-20-10-5-9-19(22)24-20/h2-5,7-12,25H,6,13-15H2,1H3,(H3,22,23,24). The molecule has 0 spiro atoms. The van der Waals surface area contributed by atoms with Gasteiger partial charge < -0.3 is 15.6 Å². The number of aryl methyl sites for hydroxylation is 1. The Morgan fingerprint density at radius 2 is 1.80 bits per heavy atom. The van der Waals surface area contributed by atoms with E-state index in [1.165, 1.54) is 6.07 Å². The van der Waals surface area contributed by atoms with Crippen molar-refractivity contribution in [3.63, 3.8) is 0 Å². The van der Waals surface area contributed by atoms with Gasteiger partial charge in [0.25, 0.3) is 5.56 Å². The third-order valence-electron chi connectivity index (χ3n) is 4.49. The van der Waals surface area contributed by atoms with E-state index in [1.54, 1.807) is 41.0 Å². The van der Waals surface area contributed by atoms with Crippen molar-refractivity contribution in [2.45, 2.75) is 25.6 Å². The summed E-state index contributed by atoms with van der Waals surface area (Å²) < 4.78 is 28.9. The molecule has 0 fully saturated rings. The van der Waals surface area contributed by atoms with E-state index < -0.39 is 10.0 Å². The van der Waals surface area contributed by atoms with Gasteiger partial charge in [0, 0.05) is 18.8 Å². The number of rotatable bonds is 9. The molecule has 0 aliphatic rings. The summed E-state index contributed by atoms with van der Waals surface area (Å²) in [5.41, 5.74) is 6.74. The molecule has 158 valence electrons. The van der Waals surface area contributed by atoms with Gasteiger partial charge in [-0.05, 0) is 43.2 Å². The molecule has 3 aromatic rings. The number of aromatic nitrogens is 2. The fourth-order valence-corrected chi connectivity index (χ4v) is 4.22. The van der Waals surface area contributed by atoms with Gasteiger partial charge >= 0.3 is 0 Å². The first kappa shape index (κ1) is 21.4. The summed E-state index contributed by atoms with van der Waals surface area (Å²) in [6.45, 7) is 2.84. The normalized spacial score (nSPS) is 11.2. The van der Waals surface area contributed by atoms with Crippen molar-refractivity contribution in [3.8, 4) is 0 Å². The number of nitrogens with one attached hydrogen (secondary N) is 2. The molecule has 0 aliphatic carbocycles. The van der Waals surface area contributed by atoms with Gasteiger partial charge in [-0.1, -0.05) is 36.4 Å². The lowest BCUT2D eigenvalue weighted by atomic mass is 10.2. The van der Waals surface area contributed by atoms with E-state index >= 15 is 0 Å². The van der Waals surface area contributed by atoms with Gasteiger partial charge in [0.2, 0.25) is 10.0 Å². The van der Waals surface area contributed by atoms with Crippen LogP contribution in [-0.2, 0) is 22.3 Å². The molecule has 2 heterocycles. The van der Waals surface area contributed by atoms with Crippen LogP contribution in [0.15, 0.2) is 65.5 Å². The minimum atomic E-state index is -3.70. The predicted octanol–water partition coefficient (Wildman–Crippen LogP) is 2.58. The molecule has 3 rings (SSSR count). The number of hydrogen-bond donors (Lipinski definition) is 3. The second-order valence-corrected chi connectivity index (χ2v) is 8.64. The third-order valence-corrected chi connectivity index (χ3v) is 5.74. The largest absolute Gasteiger partial charge is 0.384 e. The summed E-state index contributed by atoms with van der Waals surface area (Å²) in [6, 6.07) is 17.4. The minimum absolute atomic E-state index is 0.0435. The molecule has 9 heteroatoms. The topological polar surface area (TPSA) is 119 Å². The maximum Gasteiger partial charge on any atom is 0.275 e. The van der Waals surface area contributed by atoms with Gasteiger partial charge in [-0.15, -0.1) is 0 Å². The van der Waals surface area contributed by atoms with E-state index in [0.717, 1.165) is 5.69 Å². The van der Waals surface area contributed by atoms with Crippen LogP contribution < -0.4 is 21.3 Å². The zero-order valence-corrected chi connectivity index (χ0v) is 17.5. The van der Waals surface area contributed by atoms with Crippen LogP contribution in [0.2, 0.25) is 0 Å². The number of nitrogens with zero attached hydrogens (tertiary/aromatic N) is 2. The molecule has 4 N–H and O–H groups in total. The Morgan fingerprint density at radius 3 is 2.53 bits per heavy atom. The number of nitrogens with two attached hydrogens (primary N) is 1. The molecular formula is C21H25N5O3S. The molecular weight excluding hydrogens is 402 g/mol. The minimum Gasteiger partial charge on any atom is -0.384 e. The highest BCUT2D eigenvalue weighted by molar-refractivity contribution is 7.91. The monoisotopic (exact) mass is 427 g/mol. The number of hydrogen-bond acceptors (Lipinski definition) is 6. The van der Waals surface area contributed by atoms with Crippen LogP contribution in [0.3, 0.4) is 0 Å². The molecule has 0 saturated heterocycles.